The number of hydrogen-bond acceptors (Lipinski definition) is 6. The van der Waals surface area contributed by atoms with E-state index in [0.717, 1.165) is 5.69 Å². The van der Waals surface area contributed by atoms with Crippen LogP contribution in [0.1, 0.15) is 10.4 Å². The molecule has 138 valence electrons. The monoisotopic (exact) mass is 358 g/mol. The second-order valence-electron chi connectivity index (χ2n) is 5.61. The molecule has 0 spiro atoms. The molecule has 26 heavy (non-hydrogen) atoms. The third kappa shape index (κ3) is 4.66. The summed E-state index contributed by atoms with van der Waals surface area (Å²) in [6, 6.07) is 12.2. The summed E-state index contributed by atoms with van der Waals surface area (Å²) in [5.41, 5.74) is 1.82. The molecular weight excluding hydrogens is 336 g/mol. The Bertz CT molecular complexity index is 772. The van der Waals surface area contributed by atoms with Crippen molar-refractivity contribution in [2.24, 2.45) is 0 Å². The Morgan fingerprint density at radius 1 is 1.00 bits per heavy atom. The van der Waals surface area contributed by atoms with Gasteiger partial charge < -0.3 is 24.4 Å². The normalized spacial score (nSPS) is 10.0. The molecule has 0 bridgehead atoms. The maximum atomic E-state index is 12.2. The lowest BCUT2D eigenvalue weighted by Gasteiger charge is -2.13. The quantitative estimate of drug-likeness (QED) is 0.767. The highest BCUT2D eigenvalue weighted by Gasteiger charge is 2.18. The summed E-state index contributed by atoms with van der Waals surface area (Å²) in [5, 5.41) is 2.68. The summed E-state index contributed by atoms with van der Waals surface area (Å²) in [6.07, 6.45) is 0. The van der Waals surface area contributed by atoms with E-state index in [2.05, 4.69) is 5.32 Å². The molecule has 1 amide bonds. The summed E-state index contributed by atoms with van der Waals surface area (Å²) in [6.45, 7) is -0.408. The molecular formula is C19H22N2O5. The lowest BCUT2D eigenvalue weighted by molar-refractivity contribution is -0.119. The first-order valence-electron chi connectivity index (χ1n) is 7.91. The molecule has 1 N–H and O–H groups in total. The molecule has 7 nitrogen and oxygen atoms in total. The van der Waals surface area contributed by atoms with Crippen LogP contribution in [0.4, 0.5) is 11.4 Å². The molecule has 0 aliphatic carbocycles. The van der Waals surface area contributed by atoms with Crippen LogP contribution in [0, 0.1) is 0 Å². The number of carbonyl (C=O) groups is 2. The van der Waals surface area contributed by atoms with Gasteiger partial charge in [0.25, 0.3) is 5.91 Å². The van der Waals surface area contributed by atoms with Gasteiger partial charge in [-0.3, -0.25) is 4.79 Å². The molecule has 2 aromatic carbocycles. The highest BCUT2D eigenvalue weighted by atomic mass is 16.5. The maximum absolute atomic E-state index is 12.2. The Labute approximate surface area is 152 Å². The van der Waals surface area contributed by atoms with Gasteiger partial charge in [-0.25, -0.2) is 4.79 Å². The smallest absolute Gasteiger partial charge is 0.342 e. The van der Waals surface area contributed by atoms with E-state index >= 15 is 0 Å². The van der Waals surface area contributed by atoms with Crippen molar-refractivity contribution in [1.82, 2.24) is 0 Å². The number of nitrogens with one attached hydrogen (secondary N) is 1. The lowest BCUT2D eigenvalue weighted by atomic mass is 10.2. The van der Waals surface area contributed by atoms with Crippen molar-refractivity contribution >= 4 is 23.3 Å². The van der Waals surface area contributed by atoms with Crippen LogP contribution < -0.4 is 19.7 Å². The minimum absolute atomic E-state index is 0.190. The zero-order valence-corrected chi connectivity index (χ0v) is 15.2. The summed E-state index contributed by atoms with van der Waals surface area (Å²) < 4.78 is 15.4. The fraction of sp³-hybridized carbons (Fsp3) is 0.263. The molecule has 0 radical (unpaired) electrons. The fourth-order valence-electron chi connectivity index (χ4n) is 2.30. The zero-order chi connectivity index (χ0) is 19.1. The minimum Gasteiger partial charge on any atom is -0.493 e. The molecule has 0 unspecified atom stereocenters. The van der Waals surface area contributed by atoms with Crippen molar-refractivity contribution < 1.29 is 23.8 Å². The zero-order valence-electron chi connectivity index (χ0n) is 15.2. The molecule has 0 fully saturated rings. The Balaban J connectivity index is 1.96. The number of nitrogens with zero attached hydrogens (tertiary/aromatic N) is 1. The van der Waals surface area contributed by atoms with Gasteiger partial charge in [0, 0.05) is 25.5 Å². The molecule has 0 aliphatic heterocycles. The fourth-order valence-corrected chi connectivity index (χ4v) is 2.30. The van der Waals surface area contributed by atoms with Gasteiger partial charge in [0.05, 0.1) is 14.2 Å². The molecule has 0 atom stereocenters. The van der Waals surface area contributed by atoms with E-state index in [9.17, 15) is 9.59 Å². The van der Waals surface area contributed by atoms with Crippen LogP contribution in [-0.2, 0) is 9.53 Å². The van der Waals surface area contributed by atoms with Crippen molar-refractivity contribution in [2.45, 2.75) is 0 Å². The Hall–Kier alpha value is -3.22. The van der Waals surface area contributed by atoms with E-state index in [-0.39, 0.29) is 11.3 Å². The predicted molar refractivity (Wildman–Crippen MR) is 99.2 cm³/mol. The average molecular weight is 358 g/mol. The van der Waals surface area contributed by atoms with Crippen molar-refractivity contribution in [3.05, 3.63) is 48.0 Å². The van der Waals surface area contributed by atoms with E-state index in [1.807, 2.05) is 31.1 Å². The van der Waals surface area contributed by atoms with E-state index in [4.69, 9.17) is 14.2 Å². The Kier molecular flexibility index (Phi) is 6.43. The molecule has 0 aliphatic rings. The predicted octanol–water partition coefficient (Wildman–Crippen LogP) is 2.57. The van der Waals surface area contributed by atoms with Crippen molar-refractivity contribution in [2.75, 3.05) is 45.1 Å². The van der Waals surface area contributed by atoms with E-state index < -0.39 is 18.5 Å². The van der Waals surface area contributed by atoms with Gasteiger partial charge in [-0.05, 0) is 36.4 Å². The molecule has 0 heterocycles. The average Bonchev–Trinajstić information content (AvgIpc) is 2.65. The number of carbonyl (C=O) groups excluding carboxylic acids is 2. The first-order valence-corrected chi connectivity index (χ1v) is 7.91. The van der Waals surface area contributed by atoms with Gasteiger partial charge in [-0.2, -0.15) is 0 Å². The van der Waals surface area contributed by atoms with Crippen molar-refractivity contribution in [1.29, 1.82) is 0 Å². The molecule has 0 saturated carbocycles. The third-order valence-electron chi connectivity index (χ3n) is 3.62. The Morgan fingerprint density at radius 2 is 1.69 bits per heavy atom. The minimum atomic E-state index is -0.668. The van der Waals surface area contributed by atoms with E-state index in [1.54, 1.807) is 30.3 Å². The van der Waals surface area contributed by atoms with Gasteiger partial charge in [0.15, 0.2) is 18.1 Å². The number of amides is 1. The standard InChI is InChI=1S/C19H22N2O5/c1-21(2)14-10-8-13(9-11-14)20-17(22)12-26-19(23)15-6-5-7-16(24-3)18(15)25-4/h5-11H,12H2,1-4H3,(H,20,22). The number of para-hydroxylation sites is 1. The number of benzene rings is 2. The summed E-state index contributed by atoms with van der Waals surface area (Å²) in [4.78, 5) is 26.2. The maximum Gasteiger partial charge on any atom is 0.342 e. The number of methoxy groups -OCH3 is 2. The summed E-state index contributed by atoms with van der Waals surface area (Å²) in [7, 11) is 6.76. The largest absolute Gasteiger partial charge is 0.493 e. The third-order valence-corrected chi connectivity index (χ3v) is 3.62. The molecule has 0 saturated heterocycles. The lowest BCUT2D eigenvalue weighted by Crippen LogP contribution is -2.21. The van der Waals surface area contributed by atoms with Crippen LogP contribution >= 0.6 is 0 Å². The number of ether oxygens (including phenoxy) is 3. The van der Waals surface area contributed by atoms with Gasteiger partial charge in [0.1, 0.15) is 5.56 Å². The SMILES string of the molecule is COc1cccc(C(=O)OCC(=O)Nc2ccc(N(C)C)cc2)c1OC. The first-order chi connectivity index (χ1) is 12.5. The van der Waals surface area contributed by atoms with Crippen LogP contribution in [0.25, 0.3) is 0 Å². The van der Waals surface area contributed by atoms with Crippen LogP contribution in [0.15, 0.2) is 42.5 Å². The second kappa shape index (κ2) is 8.75. The van der Waals surface area contributed by atoms with Gasteiger partial charge in [0.2, 0.25) is 0 Å². The highest BCUT2D eigenvalue weighted by molar-refractivity contribution is 5.97. The highest BCUT2D eigenvalue weighted by Crippen LogP contribution is 2.31. The number of esters is 1. The van der Waals surface area contributed by atoms with Gasteiger partial charge in [-0.1, -0.05) is 6.07 Å². The summed E-state index contributed by atoms with van der Waals surface area (Å²) in [5.74, 6) is -0.427. The molecule has 0 aromatic heterocycles. The van der Waals surface area contributed by atoms with Crippen LogP contribution in [-0.4, -0.2) is 46.8 Å². The molecule has 2 aromatic rings. The Morgan fingerprint density at radius 3 is 2.27 bits per heavy atom. The number of rotatable bonds is 7. The number of hydrogen-bond donors (Lipinski definition) is 1. The molecule has 7 heteroatoms. The topological polar surface area (TPSA) is 77.1 Å². The summed E-state index contributed by atoms with van der Waals surface area (Å²) >= 11 is 0. The van der Waals surface area contributed by atoms with E-state index in [1.165, 1.54) is 14.2 Å². The number of anilines is 2. The van der Waals surface area contributed by atoms with Crippen molar-refractivity contribution in [3.63, 3.8) is 0 Å². The molecule has 2 rings (SSSR count). The van der Waals surface area contributed by atoms with E-state index in [0.29, 0.717) is 11.4 Å². The second-order valence-corrected chi connectivity index (χ2v) is 5.61. The van der Waals surface area contributed by atoms with Crippen molar-refractivity contribution in [3.8, 4) is 11.5 Å². The first kappa shape index (κ1) is 19.1. The van der Waals surface area contributed by atoms with Gasteiger partial charge >= 0.3 is 5.97 Å². The van der Waals surface area contributed by atoms with Crippen LogP contribution in [0.3, 0.4) is 0 Å². The van der Waals surface area contributed by atoms with Crippen LogP contribution in [0.5, 0.6) is 11.5 Å². The van der Waals surface area contributed by atoms with Crippen LogP contribution in [0.2, 0.25) is 0 Å². The van der Waals surface area contributed by atoms with Gasteiger partial charge in [-0.15, -0.1) is 0 Å².